The highest BCUT2D eigenvalue weighted by Gasteiger charge is 2.33. The van der Waals surface area contributed by atoms with Gasteiger partial charge in [0.2, 0.25) is 0 Å². The van der Waals surface area contributed by atoms with Crippen molar-refractivity contribution in [1.82, 2.24) is 0 Å². The van der Waals surface area contributed by atoms with Gasteiger partial charge >= 0.3 is 0 Å². The van der Waals surface area contributed by atoms with Crippen LogP contribution in [0.3, 0.4) is 0 Å². The molecule has 116 valence electrons. The van der Waals surface area contributed by atoms with Crippen molar-refractivity contribution in [3.8, 4) is 0 Å². The zero-order valence-electron chi connectivity index (χ0n) is 14.1. The summed E-state index contributed by atoms with van der Waals surface area (Å²) in [6, 6.07) is 10.7. The van der Waals surface area contributed by atoms with Gasteiger partial charge in [-0.05, 0) is 28.6 Å². The van der Waals surface area contributed by atoms with Gasteiger partial charge in [-0.15, -0.1) is 12.4 Å². The maximum absolute atomic E-state index is 2.40. The van der Waals surface area contributed by atoms with Gasteiger partial charge in [0.1, 0.15) is 0 Å². The molecule has 20 heavy (non-hydrogen) atoms. The molecule has 0 saturated heterocycles. The molecule has 0 spiro atoms. The van der Waals surface area contributed by atoms with Crippen LogP contribution < -0.4 is 4.90 Å². The summed E-state index contributed by atoms with van der Waals surface area (Å²) in [5.74, 6) is 0. The Bertz CT molecular complexity index is 364. The minimum absolute atomic E-state index is 0. The van der Waals surface area contributed by atoms with Crippen LogP contribution in [0.5, 0.6) is 0 Å². The molecule has 1 rings (SSSR count). The van der Waals surface area contributed by atoms with Gasteiger partial charge < -0.3 is 4.90 Å². The smallest absolute Gasteiger partial charge is 0.0363 e. The maximum atomic E-state index is 2.40. The van der Waals surface area contributed by atoms with Crippen LogP contribution in [0.1, 0.15) is 41.5 Å². The highest BCUT2D eigenvalue weighted by molar-refractivity contribution is 7.60. The Morgan fingerprint density at radius 3 is 1.75 bits per heavy atom. The summed E-state index contributed by atoms with van der Waals surface area (Å²) in [6.45, 7) is 15.5. The molecule has 0 aliphatic carbocycles. The van der Waals surface area contributed by atoms with E-state index in [1.54, 1.807) is 0 Å². The summed E-state index contributed by atoms with van der Waals surface area (Å²) in [5, 5.41) is 0.843. The Morgan fingerprint density at radius 1 is 0.900 bits per heavy atom. The summed E-state index contributed by atoms with van der Waals surface area (Å²) in [5.41, 5.74) is 1.32. The van der Waals surface area contributed by atoms with E-state index in [0.717, 1.165) is 6.54 Å². The van der Waals surface area contributed by atoms with E-state index in [-0.39, 0.29) is 20.3 Å². The largest absolute Gasteiger partial charge is 0.374 e. The van der Waals surface area contributed by atoms with E-state index in [4.69, 9.17) is 0 Å². The van der Waals surface area contributed by atoms with Gasteiger partial charge in [-0.25, -0.2) is 0 Å². The Morgan fingerprint density at radius 2 is 1.35 bits per heavy atom. The monoisotopic (exact) mass is 315 g/mol. The Balaban J connectivity index is 0.00000361. The zero-order chi connectivity index (χ0) is 14.7. The van der Waals surface area contributed by atoms with E-state index in [1.807, 2.05) is 0 Å². The first-order chi connectivity index (χ1) is 8.62. The summed E-state index contributed by atoms with van der Waals surface area (Å²) >= 11 is 0. The number of benzene rings is 1. The van der Waals surface area contributed by atoms with Gasteiger partial charge in [0, 0.05) is 19.3 Å². The average molecular weight is 316 g/mol. The van der Waals surface area contributed by atoms with Crippen molar-refractivity contribution in [3.05, 3.63) is 30.3 Å². The number of hydrogen-bond donors (Lipinski definition) is 0. The lowest BCUT2D eigenvalue weighted by Crippen LogP contribution is -2.31. The van der Waals surface area contributed by atoms with Gasteiger partial charge in [0.05, 0.1) is 0 Å². The van der Waals surface area contributed by atoms with E-state index in [0.29, 0.717) is 10.3 Å². The quantitative estimate of drug-likeness (QED) is 0.651. The molecule has 0 bridgehead atoms. The Hall–Kier alpha value is -0.260. The molecule has 1 aromatic rings. The maximum Gasteiger partial charge on any atom is 0.0363 e. The topological polar surface area (TPSA) is 3.24 Å². The lowest BCUT2D eigenvalue weighted by molar-refractivity contribution is 0.701. The third kappa shape index (κ3) is 6.02. The predicted molar refractivity (Wildman–Crippen MR) is 98.3 cm³/mol. The van der Waals surface area contributed by atoms with Crippen molar-refractivity contribution in [3.63, 3.8) is 0 Å². The van der Waals surface area contributed by atoms with Crippen molar-refractivity contribution in [2.45, 2.75) is 51.9 Å². The number of rotatable bonds is 4. The fourth-order valence-corrected chi connectivity index (χ4v) is 6.59. The lowest BCUT2D eigenvalue weighted by Gasteiger charge is -2.42. The van der Waals surface area contributed by atoms with Gasteiger partial charge in [-0.1, -0.05) is 67.7 Å². The molecule has 0 heterocycles. The number of halogens is 1. The SMILES string of the molecule is CN(CCP(C(C)(C)C)C(C)(C)C)c1ccccc1.Cl. The third-order valence-electron chi connectivity index (χ3n) is 3.48. The summed E-state index contributed by atoms with van der Waals surface area (Å²) in [6.07, 6.45) is 1.30. The lowest BCUT2D eigenvalue weighted by atomic mass is 10.2. The molecule has 0 amide bonds. The van der Waals surface area contributed by atoms with Crippen molar-refractivity contribution in [2.24, 2.45) is 0 Å². The molecule has 1 nitrogen and oxygen atoms in total. The molecule has 0 N–H and O–H groups in total. The Labute approximate surface area is 133 Å². The molecular formula is C17H31ClNP. The minimum Gasteiger partial charge on any atom is -0.374 e. The van der Waals surface area contributed by atoms with Gasteiger partial charge in [-0.3, -0.25) is 0 Å². The fourth-order valence-electron chi connectivity index (χ4n) is 2.74. The first-order valence-corrected chi connectivity index (χ1v) is 8.69. The van der Waals surface area contributed by atoms with Crippen molar-refractivity contribution in [2.75, 3.05) is 24.7 Å². The van der Waals surface area contributed by atoms with Gasteiger partial charge in [-0.2, -0.15) is 0 Å². The van der Waals surface area contributed by atoms with E-state index in [9.17, 15) is 0 Å². The third-order valence-corrected chi connectivity index (χ3v) is 7.36. The van der Waals surface area contributed by atoms with E-state index in [1.165, 1.54) is 11.8 Å². The molecule has 0 unspecified atom stereocenters. The molecule has 1 aromatic carbocycles. The standard InChI is InChI=1S/C17H30NP.ClH/c1-16(2,3)19(17(4,5)6)14-13-18(7)15-11-9-8-10-12-15;/h8-12H,13-14H2,1-7H3;1H. The van der Waals surface area contributed by atoms with Crippen LogP contribution in [-0.4, -0.2) is 30.1 Å². The van der Waals surface area contributed by atoms with Crippen LogP contribution >= 0.6 is 20.3 Å². The van der Waals surface area contributed by atoms with Crippen LogP contribution in [0, 0.1) is 0 Å². The Kier molecular flexibility index (Phi) is 7.56. The first kappa shape index (κ1) is 19.7. The van der Waals surface area contributed by atoms with Gasteiger partial charge in [0.25, 0.3) is 0 Å². The molecule has 0 saturated carbocycles. The van der Waals surface area contributed by atoms with Crippen LogP contribution in [0.2, 0.25) is 0 Å². The molecule has 0 radical (unpaired) electrons. The second-order valence-electron chi connectivity index (χ2n) is 7.25. The summed E-state index contributed by atoms with van der Waals surface area (Å²) in [7, 11) is 2.20. The van der Waals surface area contributed by atoms with Crippen LogP contribution in [0.25, 0.3) is 0 Å². The highest BCUT2D eigenvalue weighted by Crippen LogP contribution is 2.58. The second-order valence-corrected chi connectivity index (χ2v) is 11.2. The molecule has 3 heteroatoms. The second kappa shape index (κ2) is 7.66. The highest BCUT2D eigenvalue weighted by atomic mass is 35.5. The number of para-hydroxylation sites is 1. The fraction of sp³-hybridized carbons (Fsp3) is 0.647. The van der Waals surface area contributed by atoms with Crippen molar-refractivity contribution < 1.29 is 0 Å². The van der Waals surface area contributed by atoms with E-state index >= 15 is 0 Å². The summed E-state index contributed by atoms with van der Waals surface area (Å²) in [4.78, 5) is 2.38. The van der Waals surface area contributed by atoms with Crippen LogP contribution in [-0.2, 0) is 0 Å². The predicted octanol–water partition coefficient (Wildman–Crippen LogP) is 5.62. The number of hydrogen-bond acceptors (Lipinski definition) is 1. The summed E-state index contributed by atoms with van der Waals surface area (Å²) < 4.78 is 0. The average Bonchev–Trinajstić information content (AvgIpc) is 2.26. The molecular weight excluding hydrogens is 285 g/mol. The van der Waals surface area contributed by atoms with Crippen molar-refractivity contribution in [1.29, 1.82) is 0 Å². The normalized spacial score (nSPS) is 12.2. The van der Waals surface area contributed by atoms with E-state index < -0.39 is 0 Å². The molecule has 0 atom stereocenters. The molecule has 0 aliphatic rings. The van der Waals surface area contributed by atoms with E-state index in [2.05, 4.69) is 83.8 Å². The number of nitrogens with zero attached hydrogens (tertiary/aromatic N) is 1. The van der Waals surface area contributed by atoms with Gasteiger partial charge in [0.15, 0.2) is 0 Å². The zero-order valence-corrected chi connectivity index (χ0v) is 15.8. The molecule has 0 fully saturated rings. The minimum atomic E-state index is -0.00729. The van der Waals surface area contributed by atoms with Crippen LogP contribution in [0.4, 0.5) is 5.69 Å². The number of anilines is 1. The van der Waals surface area contributed by atoms with Crippen LogP contribution in [0.15, 0.2) is 30.3 Å². The molecule has 0 aromatic heterocycles. The first-order valence-electron chi connectivity index (χ1n) is 7.16. The van der Waals surface area contributed by atoms with Crippen molar-refractivity contribution >= 4 is 26.0 Å². The molecule has 0 aliphatic heterocycles.